The molecule has 0 radical (unpaired) electrons. The van der Waals surface area contributed by atoms with Crippen LogP contribution in [0.25, 0.3) is 0 Å². The number of piperidine rings is 1. The fourth-order valence-corrected chi connectivity index (χ4v) is 2.53. The van der Waals surface area contributed by atoms with E-state index in [0.717, 1.165) is 24.0 Å². The molecule has 1 aliphatic heterocycles. The third-order valence-corrected chi connectivity index (χ3v) is 3.70. The predicted molar refractivity (Wildman–Crippen MR) is 73.5 cm³/mol. The second-order valence-corrected chi connectivity index (χ2v) is 5.33. The molecule has 0 aromatic heterocycles. The summed E-state index contributed by atoms with van der Waals surface area (Å²) in [5.74, 6) is 0.769. The Morgan fingerprint density at radius 3 is 3.12 bits per heavy atom. The molecule has 3 heteroatoms. The second-order valence-electron chi connectivity index (χ2n) is 4.90. The lowest BCUT2D eigenvalue weighted by molar-refractivity contribution is 0.348. The smallest absolute Gasteiger partial charge is 0.0409 e. The summed E-state index contributed by atoms with van der Waals surface area (Å²) in [5.41, 5.74) is 1.27. The second kappa shape index (κ2) is 6.39. The molecule has 2 rings (SSSR count). The highest BCUT2D eigenvalue weighted by molar-refractivity contribution is 6.30. The van der Waals surface area contributed by atoms with Gasteiger partial charge in [-0.3, -0.25) is 0 Å². The van der Waals surface area contributed by atoms with E-state index in [2.05, 4.69) is 23.6 Å². The van der Waals surface area contributed by atoms with Crippen molar-refractivity contribution in [3.63, 3.8) is 0 Å². The van der Waals surface area contributed by atoms with E-state index in [9.17, 15) is 0 Å². The maximum atomic E-state index is 6.00. The first-order valence-electron chi connectivity index (χ1n) is 6.45. The minimum Gasteiger partial charge on any atom is -0.316 e. The molecule has 2 atom stereocenters. The molecule has 1 aromatic rings. The van der Waals surface area contributed by atoms with Crippen LogP contribution in [0.15, 0.2) is 24.3 Å². The van der Waals surface area contributed by atoms with Crippen LogP contribution in [0.4, 0.5) is 0 Å². The number of benzene rings is 1. The van der Waals surface area contributed by atoms with Crippen molar-refractivity contribution in [1.29, 1.82) is 0 Å². The van der Waals surface area contributed by atoms with E-state index in [1.54, 1.807) is 0 Å². The molecule has 0 spiro atoms. The Morgan fingerprint density at radius 1 is 1.53 bits per heavy atom. The lowest BCUT2D eigenvalue weighted by Gasteiger charge is -2.25. The summed E-state index contributed by atoms with van der Waals surface area (Å²) in [6.07, 6.45) is 2.64. The van der Waals surface area contributed by atoms with Crippen LogP contribution in [0.1, 0.15) is 31.4 Å². The number of halogens is 1. The summed E-state index contributed by atoms with van der Waals surface area (Å²) >= 11 is 6.00. The molecule has 0 aliphatic carbocycles. The molecule has 0 unspecified atom stereocenters. The molecule has 2 N–H and O–H groups in total. The standard InChI is InChI=1S/C14H21ClN2/c1-11(13-5-2-6-14(15)8-13)17-10-12-4-3-7-16-9-12/h2,5-6,8,11-12,16-17H,3-4,7,9-10H2,1H3/t11-,12-/m1/s1. The zero-order valence-electron chi connectivity index (χ0n) is 10.4. The first kappa shape index (κ1) is 12.9. The highest BCUT2D eigenvalue weighted by Gasteiger charge is 2.14. The molecule has 1 heterocycles. The fourth-order valence-electron chi connectivity index (χ4n) is 2.34. The van der Waals surface area contributed by atoms with E-state index >= 15 is 0 Å². The molecule has 1 aliphatic rings. The van der Waals surface area contributed by atoms with Crippen molar-refractivity contribution in [1.82, 2.24) is 10.6 Å². The maximum Gasteiger partial charge on any atom is 0.0409 e. The Hall–Kier alpha value is -0.570. The van der Waals surface area contributed by atoms with Crippen molar-refractivity contribution in [3.8, 4) is 0 Å². The lowest BCUT2D eigenvalue weighted by Crippen LogP contribution is -2.36. The molecular weight excluding hydrogens is 232 g/mol. The lowest BCUT2D eigenvalue weighted by atomic mass is 9.99. The molecule has 1 saturated heterocycles. The van der Waals surface area contributed by atoms with Crippen LogP contribution in [0, 0.1) is 5.92 Å². The number of hydrogen-bond acceptors (Lipinski definition) is 2. The quantitative estimate of drug-likeness (QED) is 0.861. The van der Waals surface area contributed by atoms with Crippen LogP contribution >= 0.6 is 11.6 Å². The van der Waals surface area contributed by atoms with Gasteiger partial charge < -0.3 is 10.6 Å². The van der Waals surface area contributed by atoms with Crippen LogP contribution in [0.2, 0.25) is 5.02 Å². The van der Waals surface area contributed by atoms with Crippen LogP contribution in [0.3, 0.4) is 0 Å². The number of hydrogen-bond donors (Lipinski definition) is 2. The molecule has 2 nitrogen and oxygen atoms in total. The Kier molecular flexibility index (Phi) is 4.84. The minimum absolute atomic E-state index is 0.371. The molecule has 1 fully saturated rings. The highest BCUT2D eigenvalue weighted by atomic mass is 35.5. The van der Waals surface area contributed by atoms with Crippen LogP contribution < -0.4 is 10.6 Å². The topological polar surface area (TPSA) is 24.1 Å². The number of nitrogens with one attached hydrogen (secondary N) is 2. The molecule has 1 aromatic carbocycles. The van der Waals surface area contributed by atoms with Gasteiger partial charge in [0.15, 0.2) is 0 Å². The Balaban J connectivity index is 1.82. The SMILES string of the molecule is C[C@@H](NC[C@@H]1CCCNC1)c1cccc(Cl)c1. The van der Waals surface area contributed by atoms with Gasteiger partial charge >= 0.3 is 0 Å². The van der Waals surface area contributed by atoms with Crippen molar-refractivity contribution in [2.75, 3.05) is 19.6 Å². The maximum absolute atomic E-state index is 6.00. The highest BCUT2D eigenvalue weighted by Crippen LogP contribution is 2.18. The van der Waals surface area contributed by atoms with Crippen molar-refractivity contribution in [3.05, 3.63) is 34.9 Å². The zero-order chi connectivity index (χ0) is 12.1. The number of rotatable bonds is 4. The van der Waals surface area contributed by atoms with Gasteiger partial charge in [0.05, 0.1) is 0 Å². The third-order valence-electron chi connectivity index (χ3n) is 3.46. The van der Waals surface area contributed by atoms with Gasteiger partial charge in [0.2, 0.25) is 0 Å². The fraction of sp³-hybridized carbons (Fsp3) is 0.571. The van der Waals surface area contributed by atoms with E-state index in [1.807, 2.05) is 18.2 Å². The largest absolute Gasteiger partial charge is 0.316 e. The first-order chi connectivity index (χ1) is 8.25. The normalized spacial score (nSPS) is 22.4. The van der Waals surface area contributed by atoms with Crippen molar-refractivity contribution >= 4 is 11.6 Å². The summed E-state index contributed by atoms with van der Waals surface area (Å²) in [4.78, 5) is 0. The van der Waals surface area contributed by atoms with E-state index in [4.69, 9.17) is 11.6 Å². The van der Waals surface area contributed by atoms with Crippen LogP contribution in [-0.2, 0) is 0 Å². The van der Waals surface area contributed by atoms with E-state index in [1.165, 1.54) is 24.9 Å². The summed E-state index contributed by atoms with van der Waals surface area (Å²) in [7, 11) is 0. The summed E-state index contributed by atoms with van der Waals surface area (Å²) in [6, 6.07) is 8.47. The van der Waals surface area contributed by atoms with Gasteiger partial charge in [-0.05, 0) is 63.0 Å². The van der Waals surface area contributed by atoms with Gasteiger partial charge in [0.1, 0.15) is 0 Å². The van der Waals surface area contributed by atoms with Crippen molar-refractivity contribution < 1.29 is 0 Å². The summed E-state index contributed by atoms with van der Waals surface area (Å²) in [5, 5.41) is 7.86. The van der Waals surface area contributed by atoms with Gasteiger partial charge in [-0.2, -0.15) is 0 Å². The summed E-state index contributed by atoms with van der Waals surface area (Å²) in [6.45, 7) is 5.61. The van der Waals surface area contributed by atoms with Gasteiger partial charge in [-0.1, -0.05) is 23.7 Å². The minimum atomic E-state index is 0.371. The van der Waals surface area contributed by atoms with Crippen molar-refractivity contribution in [2.24, 2.45) is 5.92 Å². The Morgan fingerprint density at radius 2 is 2.41 bits per heavy atom. The Bertz CT molecular complexity index is 348. The average Bonchev–Trinajstić information content (AvgIpc) is 2.37. The van der Waals surface area contributed by atoms with Crippen LogP contribution in [0.5, 0.6) is 0 Å². The monoisotopic (exact) mass is 252 g/mol. The van der Waals surface area contributed by atoms with Gasteiger partial charge in [-0.15, -0.1) is 0 Å². The molecule has 94 valence electrons. The van der Waals surface area contributed by atoms with Crippen LogP contribution in [-0.4, -0.2) is 19.6 Å². The Labute approximate surface area is 109 Å². The van der Waals surface area contributed by atoms with E-state index < -0.39 is 0 Å². The average molecular weight is 253 g/mol. The molecule has 0 bridgehead atoms. The molecule has 0 saturated carbocycles. The molecule has 17 heavy (non-hydrogen) atoms. The van der Waals surface area contributed by atoms with E-state index in [0.29, 0.717) is 6.04 Å². The predicted octanol–water partition coefficient (Wildman–Crippen LogP) is 2.99. The van der Waals surface area contributed by atoms with Gasteiger partial charge in [0, 0.05) is 11.1 Å². The van der Waals surface area contributed by atoms with Gasteiger partial charge in [-0.25, -0.2) is 0 Å². The molecular formula is C14H21ClN2. The summed E-state index contributed by atoms with van der Waals surface area (Å²) < 4.78 is 0. The van der Waals surface area contributed by atoms with E-state index in [-0.39, 0.29) is 0 Å². The third kappa shape index (κ3) is 3.98. The first-order valence-corrected chi connectivity index (χ1v) is 6.83. The van der Waals surface area contributed by atoms with Gasteiger partial charge in [0.25, 0.3) is 0 Å². The molecule has 0 amide bonds. The van der Waals surface area contributed by atoms with Crippen molar-refractivity contribution in [2.45, 2.75) is 25.8 Å². The zero-order valence-corrected chi connectivity index (χ0v) is 11.1.